The van der Waals surface area contributed by atoms with Crippen molar-refractivity contribution in [3.63, 3.8) is 0 Å². The van der Waals surface area contributed by atoms with Gasteiger partial charge in [-0.05, 0) is 42.5 Å². The molecule has 1 aliphatic carbocycles. The van der Waals surface area contributed by atoms with Gasteiger partial charge in [0.2, 0.25) is 0 Å². The summed E-state index contributed by atoms with van der Waals surface area (Å²) in [6.45, 7) is 4.87. The predicted octanol–water partition coefficient (Wildman–Crippen LogP) is 3.48. The van der Waals surface area contributed by atoms with E-state index in [0.29, 0.717) is 5.92 Å². The molecule has 1 nitrogen and oxygen atoms in total. The molecule has 1 N–H and O–H groups in total. The number of benzene rings is 1. The van der Waals surface area contributed by atoms with Crippen LogP contribution in [0.15, 0.2) is 30.9 Å². The molecule has 0 bridgehead atoms. The minimum absolute atomic E-state index is 0.110. The number of allylic oxidation sites excluding steroid dienone is 1. The fourth-order valence-corrected chi connectivity index (χ4v) is 3.43. The van der Waals surface area contributed by atoms with Gasteiger partial charge in [0.05, 0.1) is 0 Å². The maximum Gasteiger partial charge on any atom is 0.123 e. The van der Waals surface area contributed by atoms with Crippen molar-refractivity contribution in [2.45, 2.75) is 24.7 Å². The summed E-state index contributed by atoms with van der Waals surface area (Å²) in [7, 11) is 0. The van der Waals surface area contributed by atoms with E-state index in [1.807, 2.05) is 6.07 Å². The standard InChI is InChI=1S/C14H16FN/c1-2-10-4-3-7-14(10)9-16-13-6-5-11(15)8-12(13)14/h2,5-6,8,10,16H,1,3-4,7,9H2/t10-,14-/m0/s1. The van der Waals surface area contributed by atoms with Crippen LogP contribution in [0.4, 0.5) is 10.1 Å². The molecule has 0 radical (unpaired) electrons. The molecule has 0 aromatic heterocycles. The summed E-state index contributed by atoms with van der Waals surface area (Å²) in [4.78, 5) is 0. The van der Waals surface area contributed by atoms with E-state index in [1.165, 1.54) is 18.9 Å². The van der Waals surface area contributed by atoms with Gasteiger partial charge in [0.25, 0.3) is 0 Å². The third-order valence-electron chi connectivity index (χ3n) is 4.24. The molecule has 84 valence electrons. The molecule has 2 heteroatoms. The Kier molecular flexibility index (Phi) is 2.06. The van der Waals surface area contributed by atoms with Gasteiger partial charge in [0.15, 0.2) is 0 Å². The zero-order valence-electron chi connectivity index (χ0n) is 9.30. The zero-order valence-corrected chi connectivity index (χ0v) is 9.30. The fourth-order valence-electron chi connectivity index (χ4n) is 3.43. The summed E-state index contributed by atoms with van der Waals surface area (Å²) in [5, 5.41) is 3.41. The van der Waals surface area contributed by atoms with Gasteiger partial charge in [-0.1, -0.05) is 12.5 Å². The van der Waals surface area contributed by atoms with Crippen LogP contribution in [0.25, 0.3) is 0 Å². The van der Waals surface area contributed by atoms with Crippen molar-refractivity contribution in [1.29, 1.82) is 0 Å². The van der Waals surface area contributed by atoms with Crippen LogP contribution in [0, 0.1) is 11.7 Å². The highest BCUT2D eigenvalue weighted by Crippen LogP contribution is 2.51. The van der Waals surface area contributed by atoms with Crippen LogP contribution >= 0.6 is 0 Å². The Hall–Kier alpha value is -1.31. The normalized spacial score (nSPS) is 31.4. The van der Waals surface area contributed by atoms with Crippen LogP contribution in [0.5, 0.6) is 0 Å². The second-order valence-corrected chi connectivity index (χ2v) is 4.93. The summed E-state index contributed by atoms with van der Waals surface area (Å²) in [5.74, 6) is 0.361. The molecule has 3 rings (SSSR count). The molecule has 1 saturated carbocycles. The Labute approximate surface area is 95.4 Å². The molecule has 0 amide bonds. The predicted molar refractivity (Wildman–Crippen MR) is 64.1 cm³/mol. The minimum Gasteiger partial charge on any atom is -0.384 e. The smallest absolute Gasteiger partial charge is 0.123 e. The fraction of sp³-hybridized carbons (Fsp3) is 0.429. The lowest BCUT2D eigenvalue weighted by atomic mass is 9.74. The van der Waals surface area contributed by atoms with E-state index < -0.39 is 0 Å². The highest BCUT2D eigenvalue weighted by atomic mass is 19.1. The Morgan fingerprint density at radius 3 is 3.19 bits per heavy atom. The average molecular weight is 217 g/mol. The number of hydrogen-bond donors (Lipinski definition) is 1. The van der Waals surface area contributed by atoms with E-state index >= 15 is 0 Å². The zero-order chi connectivity index (χ0) is 11.2. The summed E-state index contributed by atoms with van der Waals surface area (Å²) in [6, 6.07) is 5.10. The average Bonchev–Trinajstić information content (AvgIpc) is 2.86. The Morgan fingerprint density at radius 2 is 2.38 bits per heavy atom. The number of nitrogens with one attached hydrogen (secondary N) is 1. The maximum atomic E-state index is 13.4. The molecule has 1 aromatic rings. The number of rotatable bonds is 1. The number of hydrogen-bond acceptors (Lipinski definition) is 1. The second-order valence-electron chi connectivity index (χ2n) is 4.93. The van der Waals surface area contributed by atoms with E-state index in [1.54, 1.807) is 6.07 Å². The minimum atomic E-state index is -0.128. The van der Waals surface area contributed by atoms with E-state index in [-0.39, 0.29) is 11.2 Å². The van der Waals surface area contributed by atoms with E-state index in [0.717, 1.165) is 24.2 Å². The van der Waals surface area contributed by atoms with Crippen LogP contribution in [0.2, 0.25) is 0 Å². The number of halogens is 1. The third-order valence-corrected chi connectivity index (χ3v) is 4.24. The van der Waals surface area contributed by atoms with Crippen molar-refractivity contribution >= 4 is 5.69 Å². The van der Waals surface area contributed by atoms with E-state index in [9.17, 15) is 4.39 Å². The van der Waals surface area contributed by atoms with Gasteiger partial charge >= 0.3 is 0 Å². The maximum absolute atomic E-state index is 13.4. The van der Waals surface area contributed by atoms with Crippen molar-refractivity contribution in [3.8, 4) is 0 Å². The first-order valence-electron chi connectivity index (χ1n) is 5.93. The van der Waals surface area contributed by atoms with Crippen molar-refractivity contribution in [2.75, 3.05) is 11.9 Å². The van der Waals surface area contributed by atoms with E-state index in [4.69, 9.17) is 0 Å². The monoisotopic (exact) mass is 217 g/mol. The Bertz CT molecular complexity index is 440. The quantitative estimate of drug-likeness (QED) is 0.710. The van der Waals surface area contributed by atoms with Gasteiger partial charge in [0.1, 0.15) is 5.82 Å². The molecule has 1 spiro atoms. The van der Waals surface area contributed by atoms with Gasteiger partial charge in [-0.2, -0.15) is 0 Å². The van der Waals surface area contributed by atoms with Gasteiger partial charge in [-0.25, -0.2) is 4.39 Å². The van der Waals surface area contributed by atoms with Gasteiger partial charge in [0, 0.05) is 17.6 Å². The lowest BCUT2D eigenvalue weighted by molar-refractivity contribution is 0.404. The molecule has 0 saturated heterocycles. The summed E-state index contributed by atoms with van der Waals surface area (Å²) in [5.41, 5.74) is 2.38. The molecule has 1 fully saturated rings. The van der Waals surface area contributed by atoms with Crippen molar-refractivity contribution in [2.24, 2.45) is 5.92 Å². The second kappa shape index (κ2) is 3.34. The first-order chi connectivity index (χ1) is 7.76. The van der Waals surface area contributed by atoms with Crippen LogP contribution in [-0.4, -0.2) is 6.54 Å². The first kappa shape index (κ1) is 9.88. The summed E-state index contributed by atoms with van der Waals surface area (Å²) < 4.78 is 13.4. The summed E-state index contributed by atoms with van der Waals surface area (Å²) in [6.07, 6.45) is 5.59. The topological polar surface area (TPSA) is 12.0 Å². The molecule has 1 aromatic carbocycles. The van der Waals surface area contributed by atoms with Crippen molar-refractivity contribution in [3.05, 3.63) is 42.2 Å². The van der Waals surface area contributed by atoms with Gasteiger partial charge in [-0.15, -0.1) is 6.58 Å². The first-order valence-corrected chi connectivity index (χ1v) is 5.93. The molecule has 1 aliphatic heterocycles. The molecule has 1 heterocycles. The highest BCUT2D eigenvalue weighted by molar-refractivity contribution is 5.61. The largest absolute Gasteiger partial charge is 0.384 e. The lowest BCUT2D eigenvalue weighted by Gasteiger charge is -2.29. The van der Waals surface area contributed by atoms with E-state index in [2.05, 4.69) is 18.0 Å². The number of fused-ring (bicyclic) bond motifs is 2. The van der Waals surface area contributed by atoms with Crippen LogP contribution in [-0.2, 0) is 5.41 Å². The van der Waals surface area contributed by atoms with Gasteiger partial charge < -0.3 is 5.32 Å². The van der Waals surface area contributed by atoms with Crippen LogP contribution in [0.1, 0.15) is 24.8 Å². The molecule has 16 heavy (non-hydrogen) atoms. The summed E-state index contributed by atoms with van der Waals surface area (Å²) >= 11 is 0. The van der Waals surface area contributed by atoms with Crippen LogP contribution in [0.3, 0.4) is 0 Å². The van der Waals surface area contributed by atoms with Crippen molar-refractivity contribution < 1.29 is 4.39 Å². The van der Waals surface area contributed by atoms with Crippen LogP contribution < -0.4 is 5.32 Å². The Morgan fingerprint density at radius 1 is 1.50 bits per heavy atom. The molecule has 0 unspecified atom stereocenters. The SMILES string of the molecule is C=C[C@H]1CCC[C@]12CNc1ccc(F)cc12. The van der Waals surface area contributed by atoms with Gasteiger partial charge in [-0.3, -0.25) is 0 Å². The molecular formula is C14H16FN. The molecule has 2 aliphatic rings. The molecular weight excluding hydrogens is 201 g/mol. The Balaban J connectivity index is 2.13. The highest BCUT2D eigenvalue weighted by Gasteiger charge is 2.47. The third kappa shape index (κ3) is 1.16. The lowest BCUT2D eigenvalue weighted by Crippen LogP contribution is -2.31. The number of anilines is 1. The van der Waals surface area contributed by atoms with Crippen molar-refractivity contribution in [1.82, 2.24) is 0 Å². The molecule has 2 atom stereocenters.